The van der Waals surface area contributed by atoms with E-state index in [9.17, 15) is 0 Å². The number of pyridine rings is 1. The lowest BCUT2D eigenvalue weighted by Gasteiger charge is -2.11. The maximum absolute atomic E-state index is 5.80. The Morgan fingerprint density at radius 2 is 2.00 bits per heavy atom. The Morgan fingerprint density at radius 1 is 1.24 bits per heavy atom. The van der Waals surface area contributed by atoms with Gasteiger partial charge in [0.05, 0.1) is 4.90 Å². The second-order valence-electron chi connectivity index (χ2n) is 3.77. The Labute approximate surface area is 111 Å². The maximum Gasteiger partial charge on any atom is 0.141 e. The molecule has 0 aliphatic rings. The van der Waals surface area contributed by atoms with E-state index < -0.39 is 0 Å². The lowest BCUT2D eigenvalue weighted by atomic mass is 10.1. The SMILES string of the molecule is Cc1ccc(Oc2ccnc(Cl)c2)c(S)c1C. The van der Waals surface area contributed by atoms with E-state index >= 15 is 0 Å². The zero-order chi connectivity index (χ0) is 12.4. The lowest BCUT2D eigenvalue weighted by Crippen LogP contribution is -1.90. The van der Waals surface area contributed by atoms with Gasteiger partial charge in [-0.25, -0.2) is 4.98 Å². The highest BCUT2D eigenvalue weighted by Gasteiger charge is 2.07. The number of rotatable bonds is 2. The average Bonchev–Trinajstić information content (AvgIpc) is 2.30. The number of hydrogen-bond donors (Lipinski definition) is 1. The molecule has 17 heavy (non-hydrogen) atoms. The summed E-state index contributed by atoms with van der Waals surface area (Å²) in [6.45, 7) is 4.06. The topological polar surface area (TPSA) is 22.1 Å². The second kappa shape index (κ2) is 4.98. The normalized spacial score (nSPS) is 10.4. The fourth-order valence-corrected chi connectivity index (χ4v) is 1.89. The molecule has 0 spiro atoms. The molecule has 4 heteroatoms. The van der Waals surface area contributed by atoms with Crippen molar-refractivity contribution in [3.8, 4) is 11.5 Å². The van der Waals surface area contributed by atoms with Crippen molar-refractivity contribution in [3.63, 3.8) is 0 Å². The zero-order valence-corrected chi connectivity index (χ0v) is 11.2. The molecule has 0 radical (unpaired) electrons. The first-order valence-corrected chi connectivity index (χ1v) is 5.99. The van der Waals surface area contributed by atoms with Crippen LogP contribution in [0.1, 0.15) is 11.1 Å². The predicted molar refractivity (Wildman–Crippen MR) is 72.5 cm³/mol. The van der Waals surface area contributed by atoms with Crippen LogP contribution in [0.4, 0.5) is 0 Å². The van der Waals surface area contributed by atoms with E-state index in [0.717, 1.165) is 16.2 Å². The van der Waals surface area contributed by atoms with Gasteiger partial charge in [-0.2, -0.15) is 0 Å². The van der Waals surface area contributed by atoms with E-state index in [1.165, 1.54) is 5.56 Å². The summed E-state index contributed by atoms with van der Waals surface area (Å²) in [7, 11) is 0. The molecule has 88 valence electrons. The zero-order valence-electron chi connectivity index (χ0n) is 9.57. The fourth-order valence-electron chi connectivity index (χ4n) is 1.43. The Bertz CT molecular complexity index is 557. The van der Waals surface area contributed by atoms with Gasteiger partial charge >= 0.3 is 0 Å². The van der Waals surface area contributed by atoms with Crippen LogP contribution in [-0.2, 0) is 0 Å². The van der Waals surface area contributed by atoms with Crippen molar-refractivity contribution in [1.29, 1.82) is 0 Å². The van der Waals surface area contributed by atoms with Gasteiger partial charge in [0.15, 0.2) is 0 Å². The van der Waals surface area contributed by atoms with Gasteiger partial charge in [-0.1, -0.05) is 17.7 Å². The summed E-state index contributed by atoms with van der Waals surface area (Å²) in [5.74, 6) is 1.38. The van der Waals surface area contributed by atoms with Crippen LogP contribution in [0.2, 0.25) is 5.15 Å². The van der Waals surface area contributed by atoms with Crippen molar-refractivity contribution in [2.24, 2.45) is 0 Å². The molecule has 0 bridgehead atoms. The molecule has 0 fully saturated rings. The Morgan fingerprint density at radius 3 is 2.71 bits per heavy atom. The number of halogens is 1. The predicted octanol–water partition coefficient (Wildman–Crippen LogP) is 4.43. The molecule has 2 rings (SSSR count). The number of nitrogens with zero attached hydrogens (tertiary/aromatic N) is 1. The number of ether oxygens (including phenoxy) is 1. The van der Waals surface area contributed by atoms with E-state index in [-0.39, 0.29) is 0 Å². The van der Waals surface area contributed by atoms with Gasteiger partial charge in [-0.05, 0) is 37.1 Å². The van der Waals surface area contributed by atoms with Gasteiger partial charge in [0.25, 0.3) is 0 Å². The fraction of sp³-hybridized carbons (Fsp3) is 0.154. The minimum atomic E-state index is 0.409. The summed E-state index contributed by atoms with van der Waals surface area (Å²) in [5, 5.41) is 0.409. The molecule has 0 N–H and O–H groups in total. The van der Waals surface area contributed by atoms with Gasteiger partial charge in [-0.15, -0.1) is 12.6 Å². The molecule has 0 saturated heterocycles. The van der Waals surface area contributed by atoms with Crippen molar-refractivity contribution in [1.82, 2.24) is 4.98 Å². The molecule has 1 aromatic heterocycles. The third-order valence-electron chi connectivity index (χ3n) is 2.59. The van der Waals surface area contributed by atoms with Crippen LogP contribution in [0, 0.1) is 13.8 Å². The average molecular weight is 266 g/mol. The summed E-state index contributed by atoms with van der Waals surface area (Å²) in [5.41, 5.74) is 2.31. The summed E-state index contributed by atoms with van der Waals surface area (Å²) in [6.07, 6.45) is 1.61. The van der Waals surface area contributed by atoms with Crippen LogP contribution in [0.5, 0.6) is 11.5 Å². The quantitative estimate of drug-likeness (QED) is 0.641. The third kappa shape index (κ3) is 2.73. The van der Waals surface area contributed by atoms with Crippen molar-refractivity contribution < 1.29 is 4.74 Å². The summed E-state index contributed by atoms with van der Waals surface area (Å²) < 4.78 is 5.72. The van der Waals surface area contributed by atoms with Gasteiger partial charge < -0.3 is 4.74 Å². The highest BCUT2D eigenvalue weighted by Crippen LogP contribution is 2.32. The highest BCUT2D eigenvalue weighted by molar-refractivity contribution is 7.80. The monoisotopic (exact) mass is 265 g/mol. The van der Waals surface area contributed by atoms with Gasteiger partial charge in [0.1, 0.15) is 16.7 Å². The third-order valence-corrected chi connectivity index (χ3v) is 3.35. The van der Waals surface area contributed by atoms with Crippen LogP contribution in [0.3, 0.4) is 0 Å². The molecule has 2 aromatic rings. The van der Waals surface area contributed by atoms with Crippen LogP contribution >= 0.6 is 24.2 Å². The molecule has 0 amide bonds. The molecule has 0 aliphatic heterocycles. The van der Waals surface area contributed by atoms with Crippen LogP contribution < -0.4 is 4.74 Å². The molecule has 2 nitrogen and oxygen atoms in total. The van der Waals surface area contributed by atoms with Crippen molar-refractivity contribution in [2.45, 2.75) is 18.7 Å². The van der Waals surface area contributed by atoms with E-state index in [4.69, 9.17) is 16.3 Å². The number of aryl methyl sites for hydroxylation is 1. The molecule has 0 saturated carbocycles. The number of benzene rings is 1. The number of aromatic nitrogens is 1. The summed E-state index contributed by atoms with van der Waals surface area (Å²) in [6, 6.07) is 7.34. The van der Waals surface area contributed by atoms with Crippen LogP contribution in [0.25, 0.3) is 0 Å². The first-order chi connectivity index (χ1) is 8.08. The highest BCUT2D eigenvalue weighted by atomic mass is 35.5. The van der Waals surface area contributed by atoms with Gasteiger partial charge in [0.2, 0.25) is 0 Å². The maximum atomic E-state index is 5.80. The van der Waals surface area contributed by atoms with Gasteiger partial charge in [0, 0.05) is 12.3 Å². The molecule has 0 atom stereocenters. The van der Waals surface area contributed by atoms with E-state index in [1.807, 2.05) is 26.0 Å². The Balaban J connectivity index is 2.34. The minimum absolute atomic E-state index is 0.409. The van der Waals surface area contributed by atoms with E-state index in [2.05, 4.69) is 17.6 Å². The lowest BCUT2D eigenvalue weighted by molar-refractivity contribution is 0.469. The minimum Gasteiger partial charge on any atom is -0.456 e. The number of thiol groups is 1. The van der Waals surface area contributed by atoms with E-state index in [1.54, 1.807) is 18.3 Å². The Hall–Kier alpha value is -1.19. The first kappa shape index (κ1) is 12.3. The molecule has 1 heterocycles. The van der Waals surface area contributed by atoms with Crippen LogP contribution in [-0.4, -0.2) is 4.98 Å². The van der Waals surface area contributed by atoms with Crippen molar-refractivity contribution in [3.05, 3.63) is 46.7 Å². The van der Waals surface area contributed by atoms with Crippen molar-refractivity contribution in [2.75, 3.05) is 0 Å². The molecule has 0 aliphatic carbocycles. The largest absolute Gasteiger partial charge is 0.456 e. The molecule has 1 aromatic carbocycles. The smallest absolute Gasteiger partial charge is 0.141 e. The molecular weight excluding hydrogens is 254 g/mol. The van der Waals surface area contributed by atoms with Crippen LogP contribution in [0.15, 0.2) is 35.4 Å². The molecule has 0 unspecified atom stereocenters. The van der Waals surface area contributed by atoms with Gasteiger partial charge in [-0.3, -0.25) is 0 Å². The molecular formula is C13H12ClNOS. The standard InChI is InChI=1S/C13H12ClNOS/c1-8-3-4-11(13(17)9(8)2)16-10-5-6-15-12(14)7-10/h3-7,17H,1-2H3. The summed E-state index contributed by atoms with van der Waals surface area (Å²) >= 11 is 10.3. The first-order valence-electron chi connectivity index (χ1n) is 5.16. The Kier molecular flexibility index (Phi) is 3.60. The second-order valence-corrected chi connectivity index (χ2v) is 4.60. The number of hydrogen-bond acceptors (Lipinski definition) is 3. The summed E-state index contributed by atoms with van der Waals surface area (Å²) in [4.78, 5) is 4.75. The van der Waals surface area contributed by atoms with Crippen molar-refractivity contribution >= 4 is 24.2 Å². The van der Waals surface area contributed by atoms with E-state index in [0.29, 0.717) is 10.9 Å².